The van der Waals surface area contributed by atoms with Gasteiger partial charge in [-0.1, -0.05) is 37.2 Å². The monoisotopic (exact) mass is 304 g/mol. The van der Waals surface area contributed by atoms with E-state index in [1.54, 1.807) is 13.0 Å². The molecule has 0 bridgehead atoms. The number of rotatable bonds is 0. The fourth-order valence-electron chi connectivity index (χ4n) is 2.00. The average Bonchev–Trinajstić information content (AvgIpc) is 2.48. The van der Waals surface area contributed by atoms with Crippen LogP contribution in [0, 0.1) is 23.7 Å². The lowest BCUT2D eigenvalue weighted by molar-refractivity contribution is -0.152. The Morgan fingerprint density at radius 1 is 1.09 bits per heavy atom. The van der Waals surface area contributed by atoms with Crippen molar-refractivity contribution >= 4 is 5.97 Å². The molecule has 1 aliphatic heterocycles. The van der Waals surface area contributed by atoms with Gasteiger partial charge in [-0.3, -0.25) is 4.79 Å². The first-order chi connectivity index (χ1) is 10.6. The van der Waals surface area contributed by atoms with Gasteiger partial charge in [-0.25, -0.2) is 0 Å². The molecule has 0 spiro atoms. The van der Waals surface area contributed by atoms with Crippen molar-refractivity contribution in [3.8, 4) is 23.7 Å². The van der Waals surface area contributed by atoms with Gasteiger partial charge in [0.25, 0.3) is 0 Å². The van der Waals surface area contributed by atoms with Crippen molar-refractivity contribution in [1.29, 1.82) is 0 Å². The minimum absolute atomic E-state index is 0.307. The molecule has 0 radical (unpaired) electrons. The smallest absolute Gasteiger partial charge is 0.306 e. The van der Waals surface area contributed by atoms with Crippen molar-refractivity contribution < 1.29 is 19.7 Å². The molecule has 1 unspecified atom stereocenters. The molecule has 0 saturated carbocycles. The molecule has 0 aromatic heterocycles. The second-order valence-corrected chi connectivity index (χ2v) is 5.36. The van der Waals surface area contributed by atoms with Crippen LogP contribution in [0.2, 0.25) is 0 Å². The summed E-state index contributed by atoms with van der Waals surface area (Å²) in [4.78, 5) is 11.6. The van der Waals surface area contributed by atoms with Crippen LogP contribution in [-0.4, -0.2) is 34.5 Å². The third-order valence-electron chi connectivity index (χ3n) is 3.33. The molecule has 22 heavy (non-hydrogen) atoms. The summed E-state index contributed by atoms with van der Waals surface area (Å²) in [6.07, 6.45) is 7.26. The standard InChI is InChI=1S/C18H24O4/c1-15-17(20)13-10-9-12-16(19)11-7-5-3-2-4-6-8-14-18(21)22-15/h7,11,15-17,19-20H,2-6,8,14H2,1H3/b11-7-/t15?,16-,17+/m1/s1. The fraction of sp³-hybridized carbons (Fsp3) is 0.611. The number of aliphatic hydroxyl groups excluding tert-OH is 2. The maximum atomic E-state index is 11.6. The minimum atomic E-state index is -1.08. The summed E-state index contributed by atoms with van der Waals surface area (Å²) in [6.45, 7) is 1.60. The normalized spacial score (nSPS) is 29.6. The van der Waals surface area contributed by atoms with Crippen molar-refractivity contribution in [1.82, 2.24) is 0 Å². The number of aliphatic hydroxyl groups is 2. The molecule has 0 aliphatic carbocycles. The van der Waals surface area contributed by atoms with E-state index in [4.69, 9.17) is 4.74 Å². The van der Waals surface area contributed by atoms with Gasteiger partial charge in [0.05, 0.1) is 0 Å². The number of carbonyl (C=O) groups excluding carboxylic acids is 1. The fourth-order valence-corrected chi connectivity index (χ4v) is 2.00. The topological polar surface area (TPSA) is 66.8 Å². The maximum absolute atomic E-state index is 11.6. The van der Waals surface area contributed by atoms with Crippen LogP contribution in [0.4, 0.5) is 0 Å². The molecule has 120 valence electrons. The predicted molar refractivity (Wildman–Crippen MR) is 84.6 cm³/mol. The predicted octanol–water partition coefficient (Wildman–Crippen LogP) is 1.95. The molecular formula is C18H24O4. The van der Waals surface area contributed by atoms with Gasteiger partial charge in [-0.05, 0) is 44.1 Å². The minimum Gasteiger partial charge on any atom is -0.459 e. The number of allylic oxidation sites excluding steroid dienone is 1. The molecule has 1 heterocycles. The van der Waals surface area contributed by atoms with Crippen LogP contribution in [0.25, 0.3) is 0 Å². The first-order valence-electron chi connectivity index (χ1n) is 7.83. The highest BCUT2D eigenvalue weighted by Gasteiger charge is 2.16. The number of hydrogen-bond acceptors (Lipinski definition) is 4. The molecule has 0 aromatic rings. The van der Waals surface area contributed by atoms with Crippen molar-refractivity contribution in [3.63, 3.8) is 0 Å². The van der Waals surface area contributed by atoms with Crippen molar-refractivity contribution in [2.24, 2.45) is 0 Å². The largest absolute Gasteiger partial charge is 0.459 e. The average molecular weight is 304 g/mol. The van der Waals surface area contributed by atoms with Gasteiger partial charge in [0, 0.05) is 6.42 Å². The van der Waals surface area contributed by atoms with E-state index in [1.807, 2.05) is 6.08 Å². The number of carbonyl (C=O) groups is 1. The Hall–Kier alpha value is -1.75. The summed E-state index contributed by atoms with van der Waals surface area (Å²) in [5.74, 6) is 9.71. The lowest BCUT2D eigenvalue weighted by Crippen LogP contribution is -2.27. The van der Waals surface area contributed by atoms with Gasteiger partial charge in [-0.15, -0.1) is 0 Å². The summed E-state index contributed by atoms with van der Waals surface area (Å²) in [6, 6.07) is 0. The first kappa shape index (κ1) is 18.3. The van der Waals surface area contributed by atoms with Crippen LogP contribution in [0.15, 0.2) is 12.2 Å². The van der Waals surface area contributed by atoms with Gasteiger partial charge in [-0.2, -0.15) is 0 Å². The Kier molecular flexibility index (Phi) is 9.07. The van der Waals surface area contributed by atoms with Crippen molar-refractivity contribution in [2.45, 2.75) is 70.2 Å². The molecule has 3 atom stereocenters. The summed E-state index contributed by atoms with van der Waals surface area (Å²) in [7, 11) is 0. The van der Waals surface area contributed by atoms with Gasteiger partial charge in [0.1, 0.15) is 12.2 Å². The molecule has 2 N–H and O–H groups in total. The lowest BCUT2D eigenvalue weighted by atomic mass is 10.1. The SMILES string of the molecule is CC1OC(=O)CCCCCCC/C=C\[C@@H](O)C#CC#C[C@@H]1O. The Morgan fingerprint density at radius 2 is 1.77 bits per heavy atom. The van der Waals surface area contributed by atoms with E-state index in [2.05, 4.69) is 23.7 Å². The van der Waals surface area contributed by atoms with Gasteiger partial charge >= 0.3 is 5.97 Å². The third kappa shape index (κ3) is 8.52. The second kappa shape index (κ2) is 10.9. The molecule has 0 fully saturated rings. The molecule has 1 aliphatic rings. The van der Waals surface area contributed by atoms with E-state index >= 15 is 0 Å². The molecule has 0 aromatic carbocycles. The highest BCUT2D eigenvalue weighted by atomic mass is 16.6. The van der Waals surface area contributed by atoms with E-state index in [1.165, 1.54) is 0 Å². The molecule has 0 saturated heterocycles. The van der Waals surface area contributed by atoms with Crippen LogP contribution in [0.3, 0.4) is 0 Å². The third-order valence-corrected chi connectivity index (χ3v) is 3.33. The molecule has 1 rings (SSSR count). The molecule has 0 amide bonds. The quantitative estimate of drug-likeness (QED) is 0.408. The highest BCUT2D eigenvalue weighted by molar-refractivity contribution is 5.69. The zero-order valence-corrected chi connectivity index (χ0v) is 13.0. The van der Waals surface area contributed by atoms with Gasteiger partial charge < -0.3 is 14.9 Å². The second-order valence-electron chi connectivity index (χ2n) is 5.36. The van der Waals surface area contributed by atoms with E-state index in [9.17, 15) is 15.0 Å². The van der Waals surface area contributed by atoms with Gasteiger partial charge in [0.2, 0.25) is 0 Å². The Balaban J connectivity index is 2.65. The van der Waals surface area contributed by atoms with Crippen LogP contribution in [0.1, 0.15) is 51.9 Å². The number of cyclic esters (lactones) is 1. The Morgan fingerprint density at radius 3 is 2.59 bits per heavy atom. The highest BCUT2D eigenvalue weighted by Crippen LogP contribution is 2.09. The van der Waals surface area contributed by atoms with Crippen LogP contribution in [-0.2, 0) is 9.53 Å². The molecule has 4 nitrogen and oxygen atoms in total. The van der Waals surface area contributed by atoms with Gasteiger partial charge in [0.15, 0.2) is 6.10 Å². The zero-order chi connectivity index (χ0) is 16.2. The summed E-state index contributed by atoms with van der Waals surface area (Å²) >= 11 is 0. The van der Waals surface area contributed by atoms with Crippen LogP contribution < -0.4 is 0 Å². The van der Waals surface area contributed by atoms with E-state index in [0.29, 0.717) is 6.42 Å². The number of esters is 1. The summed E-state index contributed by atoms with van der Waals surface area (Å²) in [5, 5.41) is 19.4. The van der Waals surface area contributed by atoms with Crippen LogP contribution >= 0.6 is 0 Å². The molecule has 4 heteroatoms. The van der Waals surface area contributed by atoms with E-state index < -0.39 is 18.3 Å². The van der Waals surface area contributed by atoms with Crippen molar-refractivity contribution in [2.75, 3.05) is 0 Å². The summed E-state index contributed by atoms with van der Waals surface area (Å²) in [5.41, 5.74) is 0. The maximum Gasteiger partial charge on any atom is 0.306 e. The van der Waals surface area contributed by atoms with Crippen LogP contribution in [0.5, 0.6) is 0 Å². The number of hydrogen-bond donors (Lipinski definition) is 2. The summed E-state index contributed by atoms with van der Waals surface area (Å²) < 4.78 is 5.13. The first-order valence-corrected chi connectivity index (χ1v) is 7.83. The number of ether oxygens (including phenoxy) is 1. The Labute approximate surface area is 132 Å². The Bertz CT molecular complexity index is 487. The molecular weight excluding hydrogens is 280 g/mol. The lowest BCUT2D eigenvalue weighted by Gasteiger charge is -2.14. The van der Waals surface area contributed by atoms with E-state index in [-0.39, 0.29) is 5.97 Å². The zero-order valence-electron chi connectivity index (χ0n) is 13.0. The van der Waals surface area contributed by atoms with E-state index in [0.717, 1.165) is 38.5 Å². The van der Waals surface area contributed by atoms with Crippen molar-refractivity contribution in [3.05, 3.63) is 12.2 Å².